The predicted molar refractivity (Wildman–Crippen MR) is 69.5 cm³/mol. The Balaban J connectivity index is 2.13. The van der Waals surface area contributed by atoms with E-state index in [0.29, 0.717) is 5.82 Å². The molecule has 0 saturated heterocycles. The van der Waals surface area contributed by atoms with Crippen LogP contribution in [0.1, 0.15) is 25.7 Å². The quantitative estimate of drug-likeness (QED) is 0.726. The second-order valence-corrected chi connectivity index (χ2v) is 4.43. The fourth-order valence-electron chi connectivity index (χ4n) is 1.70. The Morgan fingerprint density at radius 1 is 1.32 bits per heavy atom. The molecule has 6 nitrogen and oxygen atoms in total. The number of hydrogen-bond donors (Lipinski definition) is 3. The molecule has 0 bridgehead atoms. The Hall–Kier alpha value is -2.37. The van der Waals surface area contributed by atoms with Crippen LogP contribution in [0.3, 0.4) is 0 Å². The Kier molecular flexibility index (Phi) is 3.50. The van der Waals surface area contributed by atoms with Gasteiger partial charge in [0.05, 0.1) is 17.1 Å². The number of carboxylic acid groups (broad SMARTS) is 1. The third-order valence-electron chi connectivity index (χ3n) is 2.94. The topological polar surface area (TPSA) is 95.1 Å². The fourth-order valence-corrected chi connectivity index (χ4v) is 1.70. The summed E-state index contributed by atoms with van der Waals surface area (Å²) in [5, 5.41) is 11.4. The van der Waals surface area contributed by atoms with Gasteiger partial charge in [-0.1, -0.05) is 12.1 Å². The highest BCUT2D eigenvalue weighted by molar-refractivity contribution is 5.96. The minimum atomic E-state index is -1.14. The van der Waals surface area contributed by atoms with Crippen molar-refractivity contribution in [2.75, 3.05) is 0 Å². The number of carboxylic acids is 1. The van der Waals surface area contributed by atoms with Crippen molar-refractivity contribution in [1.82, 2.24) is 15.3 Å². The highest BCUT2D eigenvalue weighted by Gasteiger charge is 2.23. The van der Waals surface area contributed by atoms with Crippen LogP contribution in [-0.4, -0.2) is 27.0 Å². The van der Waals surface area contributed by atoms with E-state index < -0.39 is 17.8 Å². The van der Waals surface area contributed by atoms with Gasteiger partial charge in [-0.15, -0.1) is 0 Å². The number of nitrogens with zero attached hydrogens (tertiary/aromatic N) is 1. The zero-order chi connectivity index (χ0) is 14.0. The van der Waals surface area contributed by atoms with Crippen LogP contribution >= 0.6 is 0 Å². The number of imidazole rings is 1. The Morgan fingerprint density at radius 2 is 2.00 bits per heavy atom. The molecule has 1 heterocycles. The van der Waals surface area contributed by atoms with E-state index >= 15 is 0 Å². The maximum absolute atomic E-state index is 11.6. The first-order valence-electron chi connectivity index (χ1n) is 5.97. The van der Waals surface area contributed by atoms with E-state index in [1.807, 2.05) is 24.3 Å². The first kappa shape index (κ1) is 13.1. The summed E-state index contributed by atoms with van der Waals surface area (Å²) in [5.41, 5.74) is 1.69. The van der Waals surface area contributed by atoms with Gasteiger partial charge in [-0.2, -0.15) is 0 Å². The molecule has 0 aliphatic carbocycles. The first-order valence-corrected chi connectivity index (χ1v) is 5.97. The van der Waals surface area contributed by atoms with Gasteiger partial charge in [0, 0.05) is 0 Å². The second-order valence-electron chi connectivity index (χ2n) is 4.43. The number of amides is 1. The molecule has 100 valence electrons. The maximum Gasteiger partial charge on any atom is 0.315 e. The predicted octanol–water partition coefficient (Wildman–Crippen LogP) is 1.46. The van der Waals surface area contributed by atoms with Gasteiger partial charge in [0.2, 0.25) is 5.91 Å². The lowest BCUT2D eigenvalue weighted by molar-refractivity contribution is -0.146. The molecule has 0 saturated carbocycles. The van der Waals surface area contributed by atoms with Gasteiger partial charge in [-0.3, -0.25) is 9.59 Å². The van der Waals surface area contributed by atoms with Crippen LogP contribution in [0.5, 0.6) is 0 Å². The number of para-hydroxylation sites is 2. The molecule has 6 heteroatoms. The Morgan fingerprint density at radius 3 is 2.63 bits per heavy atom. The molecule has 2 atom stereocenters. The molecule has 2 aromatic rings. The SMILES string of the molecule is CC(C(=O)O)C(=O)NC(C)c1nc2ccccc2[nH]1. The average molecular weight is 261 g/mol. The van der Waals surface area contributed by atoms with Gasteiger partial charge >= 0.3 is 5.97 Å². The molecule has 0 radical (unpaired) electrons. The van der Waals surface area contributed by atoms with Crippen LogP contribution in [0.15, 0.2) is 24.3 Å². The van der Waals surface area contributed by atoms with Crippen molar-refractivity contribution in [1.29, 1.82) is 0 Å². The van der Waals surface area contributed by atoms with Crippen LogP contribution in [0.25, 0.3) is 11.0 Å². The summed E-state index contributed by atoms with van der Waals surface area (Å²) in [6, 6.07) is 7.15. The summed E-state index contributed by atoms with van der Waals surface area (Å²) >= 11 is 0. The second kappa shape index (κ2) is 5.09. The van der Waals surface area contributed by atoms with Gasteiger partial charge < -0.3 is 15.4 Å². The number of rotatable bonds is 4. The third-order valence-corrected chi connectivity index (χ3v) is 2.94. The van der Waals surface area contributed by atoms with Crippen molar-refractivity contribution in [2.45, 2.75) is 19.9 Å². The number of nitrogens with one attached hydrogen (secondary N) is 2. The van der Waals surface area contributed by atoms with Crippen molar-refractivity contribution in [3.63, 3.8) is 0 Å². The molecular weight excluding hydrogens is 246 g/mol. The summed E-state index contributed by atoms with van der Waals surface area (Å²) in [5.74, 6) is -2.14. The lowest BCUT2D eigenvalue weighted by Gasteiger charge is -2.13. The zero-order valence-electron chi connectivity index (χ0n) is 10.7. The normalized spacial score (nSPS) is 14.0. The third kappa shape index (κ3) is 2.73. The number of H-pyrrole nitrogens is 1. The summed E-state index contributed by atoms with van der Waals surface area (Å²) < 4.78 is 0. The zero-order valence-corrected chi connectivity index (χ0v) is 10.7. The minimum Gasteiger partial charge on any atom is -0.481 e. The molecule has 1 aromatic carbocycles. The Labute approximate surface area is 109 Å². The van der Waals surface area contributed by atoms with E-state index in [9.17, 15) is 9.59 Å². The number of hydrogen-bond acceptors (Lipinski definition) is 3. The first-order chi connectivity index (χ1) is 8.99. The van der Waals surface area contributed by atoms with E-state index in [2.05, 4.69) is 15.3 Å². The van der Waals surface area contributed by atoms with Crippen LogP contribution in [0.4, 0.5) is 0 Å². The lowest BCUT2D eigenvalue weighted by atomic mass is 10.1. The van der Waals surface area contributed by atoms with E-state index in [1.165, 1.54) is 6.92 Å². The molecule has 2 unspecified atom stereocenters. The monoisotopic (exact) mass is 261 g/mol. The summed E-state index contributed by atoms with van der Waals surface area (Å²) in [6.45, 7) is 3.10. The van der Waals surface area contributed by atoms with E-state index in [1.54, 1.807) is 6.92 Å². The maximum atomic E-state index is 11.6. The van der Waals surface area contributed by atoms with Gasteiger partial charge in [-0.25, -0.2) is 4.98 Å². The molecule has 0 aliphatic rings. The van der Waals surface area contributed by atoms with Gasteiger partial charge in [-0.05, 0) is 26.0 Å². The number of benzene rings is 1. The number of carbonyl (C=O) groups is 2. The highest BCUT2D eigenvalue weighted by Crippen LogP contribution is 2.15. The minimum absolute atomic E-state index is 0.373. The van der Waals surface area contributed by atoms with Crippen molar-refractivity contribution in [3.8, 4) is 0 Å². The highest BCUT2D eigenvalue weighted by atomic mass is 16.4. The Bertz CT molecular complexity index is 587. The van der Waals surface area contributed by atoms with Crippen molar-refractivity contribution < 1.29 is 14.7 Å². The van der Waals surface area contributed by atoms with Gasteiger partial charge in [0.1, 0.15) is 11.7 Å². The van der Waals surface area contributed by atoms with Crippen LogP contribution < -0.4 is 5.32 Å². The number of aromatic nitrogens is 2. The molecule has 1 amide bonds. The number of aromatic amines is 1. The van der Waals surface area contributed by atoms with Crippen LogP contribution in [0.2, 0.25) is 0 Å². The standard InChI is InChI=1S/C13H15N3O3/c1-7(13(18)19)12(17)14-8(2)11-15-9-5-3-4-6-10(9)16-11/h3-8H,1-2H3,(H,14,17)(H,15,16)(H,18,19). The van der Waals surface area contributed by atoms with Crippen LogP contribution in [0, 0.1) is 5.92 Å². The summed E-state index contributed by atoms with van der Waals surface area (Å²) in [7, 11) is 0. The van der Waals surface area contributed by atoms with Gasteiger partial charge in [0.15, 0.2) is 0 Å². The molecule has 0 spiro atoms. The fraction of sp³-hybridized carbons (Fsp3) is 0.308. The smallest absolute Gasteiger partial charge is 0.315 e. The molecule has 1 aromatic heterocycles. The van der Waals surface area contributed by atoms with Crippen molar-refractivity contribution in [3.05, 3.63) is 30.1 Å². The number of aliphatic carboxylic acids is 1. The molecule has 2 rings (SSSR count). The van der Waals surface area contributed by atoms with E-state index in [-0.39, 0.29) is 6.04 Å². The molecule has 3 N–H and O–H groups in total. The van der Waals surface area contributed by atoms with Crippen molar-refractivity contribution in [2.24, 2.45) is 5.92 Å². The molecule has 0 aliphatic heterocycles. The van der Waals surface area contributed by atoms with Gasteiger partial charge in [0.25, 0.3) is 0 Å². The van der Waals surface area contributed by atoms with Crippen molar-refractivity contribution >= 4 is 22.9 Å². The number of fused-ring (bicyclic) bond motifs is 1. The molecule has 19 heavy (non-hydrogen) atoms. The summed E-state index contributed by atoms with van der Waals surface area (Å²) in [6.07, 6.45) is 0. The largest absolute Gasteiger partial charge is 0.481 e. The lowest BCUT2D eigenvalue weighted by Crippen LogP contribution is -2.35. The van der Waals surface area contributed by atoms with Crippen LogP contribution in [-0.2, 0) is 9.59 Å². The molecular formula is C13H15N3O3. The number of carbonyl (C=O) groups excluding carboxylic acids is 1. The van der Waals surface area contributed by atoms with E-state index in [0.717, 1.165) is 11.0 Å². The van der Waals surface area contributed by atoms with E-state index in [4.69, 9.17) is 5.11 Å². The summed E-state index contributed by atoms with van der Waals surface area (Å²) in [4.78, 5) is 29.8. The molecule has 0 fully saturated rings. The average Bonchev–Trinajstić information content (AvgIpc) is 2.81.